The topological polar surface area (TPSA) is 45.8 Å². The Labute approximate surface area is 97.3 Å². The molecule has 0 spiro atoms. The standard InChI is InChI=1S/C13H11FN2O/c14-9-6-4-8(5-7-9)12-15-11-3-1-2-10(11)13(17)16-12/h4-7H,1-3H2,(H,15,16,17). The smallest absolute Gasteiger partial charge is 0.254 e. The van der Waals surface area contributed by atoms with E-state index in [-0.39, 0.29) is 11.4 Å². The van der Waals surface area contributed by atoms with Gasteiger partial charge in [0.15, 0.2) is 0 Å². The highest BCUT2D eigenvalue weighted by Crippen LogP contribution is 2.20. The third-order valence-corrected chi connectivity index (χ3v) is 3.06. The molecular formula is C13H11FN2O. The van der Waals surface area contributed by atoms with Gasteiger partial charge in [-0.25, -0.2) is 9.37 Å². The molecule has 1 aromatic heterocycles. The van der Waals surface area contributed by atoms with Crippen LogP contribution in [0, 0.1) is 5.82 Å². The minimum Gasteiger partial charge on any atom is -0.306 e. The normalized spacial score (nSPS) is 13.7. The van der Waals surface area contributed by atoms with Crippen LogP contribution in [-0.4, -0.2) is 9.97 Å². The van der Waals surface area contributed by atoms with E-state index in [0.29, 0.717) is 5.82 Å². The summed E-state index contributed by atoms with van der Waals surface area (Å²) in [5, 5.41) is 0. The molecule has 0 radical (unpaired) electrons. The molecule has 3 nitrogen and oxygen atoms in total. The Kier molecular flexibility index (Phi) is 2.28. The van der Waals surface area contributed by atoms with Gasteiger partial charge >= 0.3 is 0 Å². The Morgan fingerprint density at radius 2 is 1.94 bits per heavy atom. The van der Waals surface area contributed by atoms with Gasteiger partial charge < -0.3 is 4.98 Å². The summed E-state index contributed by atoms with van der Waals surface area (Å²) >= 11 is 0. The Bertz CT molecular complexity index is 616. The van der Waals surface area contributed by atoms with Crippen LogP contribution in [0.1, 0.15) is 17.7 Å². The highest BCUT2D eigenvalue weighted by Gasteiger charge is 2.17. The number of nitrogens with one attached hydrogen (secondary N) is 1. The van der Waals surface area contributed by atoms with Crippen molar-refractivity contribution in [3.8, 4) is 11.4 Å². The van der Waals surface area contributed by atoms with Crippen molar-refractivity contribution in [3.63, 3.8) is 0 Å². The van der Waals surface area contributed by atoms with Gasteiger partial charge in [0.2, 0.25) is 0 Å². The Balaban J connectivity index is 2.13. The van der Waals surface area contributed by atoms with Crippen LogP contribution in [0.25, 0.3) is 11.4 Å². The van der Waals surface area contributed by atoms with Gasteiger partial charge in [-0.05, 0) is 43.5 Å². The second kappa shape index (κ2) is 3.80. The SMILES string of the molecule is O=c1[nH]c(-c2ccc(F)cc2)nc2c1CCC2. The van der Waals surface area contributed by atoms with Crippen molar-refractivity contribution in [3.05, 3.63) is 51.7 Å². The maximum Gasteiger partial charge on any atom is 0.254 e. The number of aryl methyl sites for hydroxylation is 1. The molecule has 0 saturated heterocycles. The average molecular weight is 230 g/mol. The van der Waals surface area contributed by atoms with Gasteiger partial charge in [-0.2, -0.15) is 0 Å². The molecule has 3 rings (SSSR count). The van der Waals surface area contributed by atoms with Crippen LogP contribution in [0.15, 0.2) is 29.1 Å². The summed E-state index contributed by atoms with van der Waals surface area (Å²) in [6, 6.07) is 5.97. The predicted octanol–water partition coefficient (Wildman–Crippen LogP) is 2.06. The van der Waals surface area contributed by atoms with E-state index >= 15 is 0 Å². The molecule has 0 atom stereocenters. The minimum absolute atomic E-state index is 0.0631. The quantitative estimate of drug-likeness (QED) is 0.815. The van der Waals surface area contributed by atoms with E-state index in [1.807, 2.05) is 0 Å². The number of hydrogen-bond acceptors (Lipinski definition) is 2. The molecule has 1 aliphatic carbocycles. The molecule has 0 bridgehead atoms. The highest BCUT2D eigenvalue weighted by atomic mass is 19.1. The van der Waals surface area contributed by atoms with Crippen molar-refractivity contribution in [2.75, 3.05) is 0 Å². The van der Waals surface area contributed by atoms with Gasteiger partial charge in [-0.3, -0.25) is 4.79 Å². The maximum atomic E-state index is 12.8. The van der Waals surface area contributed by atoms with Crippen molar-refractivity contribution in [1.29, 1.82) is 0 Å². The molecule has 0 amide bonds. The van der Waals surface area contributed by atoms with E-state index in [1.165, 1.54) is 12.1 Å². The highest BCUT2D eigenvalue weighted by molar-refractivity contribution is 5.55. The van der Waals surface area contributed by atoms with Crippen LogP contribution in [0.2, 0.25) is 0 Å². The fourth-order valence-corrected chi connectivity index (χ4v) is 2.19. The summed E-state index contributed by atoms with van der Waals surface area (Å²) < 4.78 is 12.8. The summed E-state index contributed by atoms with van der Waals surface area (Å²) in [5.41, 5.74) is 2.36. The lowest BCUT2D eigenvalue weighted by molar-refractivity contribution is 0.628. The summed E-state index contributed by atoms with van der Waals surface area (Å²) in [5.74, 6) is 0.230. The fraction of sp³-hybridized carbons (Fsp3) is 0.231. The molecule has 1 aromatic carbocycles. The van der Waals surface area contributed by atoms with E-state index in [0.717, 1.165) is 36.1 Å². The molecule has 4 heteroatoms. The molecule has 1 aliphatic rings. The molecular weight excluding hydrogens is 219 g/mol. The second-order valence-corrected chi connectivity index (χ2v) is 4.20. The van der Waals surface area contributed by atoms with Crippen LogP contribution in [0.3, 0.4) is 0 Å². The van der Waals surface area contributed by atoms with Crippen molar-refractivity contribution in [2.45, 2.75) is 19.3 Å². The van der Waals surface area contributed by atoms with Gasteiger partial charge in [0.05, 0.1) is 5.69 Å². The zero-order chi connectivity index (χ0) is 11.8. The molecule has 0 aliphatic heterocycles. The second-order valence-electron chi connectivity index (χ2n) is 4.20. The van der Waals surface area contributed by atoms with Crippen LogP contribution in [-0.2, 0) is 12.8 Å². The first-order chi connectivity index (χ1) is 8.24. The minimum atomic E-state index is -0.294. The largest absolute Gasteiger partial charge is 0.306 e. The van der Waals surface area contributed by atoms with Gasteiger partial charge in [0.25, 0.3) is 5.56 Å². The molecule has 17 heavy (non-hydrogen) atoms. The number of benzene rings is 1. The molecule has 0 fully saturated rings. The van der Waals surface area contributed by atoms with Gasteiger partial charge in [-0.1, -0.05) is 0 Å². The summed E-state index contributed by atoms with van der Waals surface area (Å²) in [4.78, 5) is 19.0. The van der Waals surface area contributed by atoms with E-state index in [9.17, 15) is 9.18 Å². The average Bonchev–Trinajstić information content (AvgIpc) is 2.78. The summed E-state index contributed by atoms with van der Waals surface area (Å²) in [6.45, 7) is 0. The van der Waals surface area contributed by atoms with Crippen molar-refractivity contribution < 1.29 is 4.39 Å². The number of fused-ring (bicyclic) bond motifs is 1. The van der Waals surface area contributed by atoms with Crippen LogP contribution < -0.4 is 5.56 Å². The van der Waals surface area contributed by atoms with Gasteiger partial charge in [0.1, 0.15) is 11.6 Å². The predicted molar refractivity (Wildman–Crippen MR) is 62.3 cm³/mol. The monoisotopic (exact) mass is 230 g/mol. The third-order valence-electron chi connectivity index (χ3n) is 3.06. The lowest BCUT2D eigenvalue weighted by Gasteiger charge is -2.03. The molecule has 86 valence electrons. The van der Waals surface area contributed by atoms with Gasteiger partial charge in [-0.15, -0.1) is 0 Å². The van der Waals surface area contributed by atoms with E-state index in [2.05, 4.69) is 9.97 Å². The molecule has 1 heterocycles. The lowest BCUT2D eigenvalue weighted by atomic mass is 10.2. The number of halogens is 1. The first-order valence-corrected chi connectivity index (χ1v) is 5.62. The fourth-order valence-electron chi connectivity index (χ4n) is 2.19. The Hall–Kier alpha value is -1.97. The van der Waals surface area contributed by atoms with Crippen LogP contribution in [0.5, 0.6) is 0 Å². The Morgan fingerprint density at radius 1 is 1.18 bits per heavy atom. The number of H-pyrrole nitrogens is 1. The Morgan fingerprint density at radius 3 is 2.71 bits per heavy atom. The number of nitrogens with zero attached hydrogens (tertiary/aromatic N) is 1. The number of hydrogen-bond donors (Lipinski definition) is 1. The van der Waals surface area contributed by atoms with Crippen LogP contribution >= 0.6 is 0 Å². The number of aromatic nitrogens is 2. The van der Waals surface area contributed by atoms with E-state index in [1.54, 1.807) is 12.1 Å². The van der Waals surface area contributed by atoms with Gasteiger partial charge in [0, 0.05) is 11.1 Å². The first kappa shape index (κ1) is 10.2. The number of rotatable bonds is 1. The molecule has 2 aromatic rings. The maximum absolute atomic E-state index is 12.8. The molecule has 1 N–H and O–H groups in total. The zero-order valence-electron chi connectivity index (χ0n) is 9.16. The van der Waals surface area contributed by atoms with Crippen molar-refractivity contribution in [1.82, 2.24) is 9.97 Å². The lowest BCUT2D eigenvalue weighted by Crippen LogP contribution is -2.15. The first-order valence-electron chi connectivity index (χ1n) is 5.62. The van der Waals surface area contributed by atoms with E-state index < -0.39 is 0 Å². The number of aromatic amines is 1. The van der Waals surface area contributed by atoms with Crippen LogP contribution in [0.4, 0.5) is 4.39 Å². The summed E-state index contributed by atoms with van der Waals surface area (Å²) in [6.07, 6.45) is 2.65. The zero-order valence-corrected chi connectivity index (χ0v) is 9.16. The van der Waals surface area contributed by atoms with Crippen molar-refractivity contribution >= 4 is 0 Å². The van der Waals surface area contributed by atoms with E-state index in [4.69, 9.17) is 0 Å². The van der Waals surface area contributed by atoms with Crippen molar-refractivity contribution in [2.24, 2.45) is 0 Å². The molecule has 0 saturated carbocycles. The third kappa shape index (κ3) is 1.75. The summed E-state index contributed by atoms with van der Waals surface area (Å²) in [7, 11) is 0. The molecule has 0 unspecified atom stereocenters.